The van der Waals surface area contributed by atoms with Crippen LogP contribution >= 0.6 is 11.8 Å². The Morgan fingerprint density at radius 2 is 1.96 bits per heavy atom. The monoisotopic (exact) mass is 373 g/mol. The Kier molecular flexibility index (Phi) is 4.63. The molecule has 1 aliphatic carbocycles. The molecule has 4 rings (SSSR count). The average molecular weight is 373 g/mol. The van der Waals surface area contributed by atoms with E-state index in [0.29, 0.717) is 28.0 Å². The first kappa shape index (κ1) is 17.0. The van der Waals surface area contributed by atoms with Gasteiger partial charge < -0.3 is 4.74 Å². The van der Waals surface area contributed by atoms with Crippen LogP contribution in [0, 0.1) is 11.6 Å². The van der Waals surface area contributed by atoms with Crippen molar-refractivity contribution in [2.45, 2.75) is 29.8 Å². The van der Waals surface area contributed by atoms with E-state index in [1.54, 1.807) is 31.4 Å². The number of aromatic nitrogens is 3. The van der Waals surface area contributed by atoms with Crippen molar-refractivity contribution in [1.29, 1.82) is 0 Å². The molecule has 1 aromatic heterocycles. The summed E-state index contributed by atoms with van der Waals surface area (Å²) in [5.41, 5.74) is 1.19. The van der Waals surface area contributed by atoms with E-state index in [9.17, 15) is 8.78 Å². The topological polar surface area (TPSA) is 39.9 Å². The summed E-state index contributed by atoms with van der Waals surface area (Å²) in [7, 11) is 1.56. The highest BCUT2D eigenvalue weighted by molar-refractivity contribution is 7.98. The quantitative estimate of drug-likeness (QED) is 0.579. The van der Waals surface area contributed by atoms with Crippen LogP contribution in [-0.4, -0.2) is 21.9 Å². The Morgan fingerprint density at radius 1 is 1.15 bits per heavy atom. The number of rotatable bonds is 6. The van der Waals surface area contributed by atoms with Gasteiger partial charge in [0.25, 0.3) is 0 Å². The predicted octanol–water partition coefficient (Wildman–Crippen LogP) is 4.86. The third kappa shape index (κ3) is 3.31. The molecule has 0 spiro atoms. The lowest BCUT2D eigenvalue weighted by molar-refractivity contribution is 0.410. The molecule has 3 aromatic rings. The number of hydrogen-bond donors (Lipinski definition) is 0. The van der Waals surface area contributed by atoms with Crippen molar-refractivity contribution in [3.8, 4) is 17.1 Å². The highest BCUT2D eigenvalue weighted by Crippen LogP contribution is 2.42. The molecule has 7 heteroatoms. The zero-order valence-electron chi connectivity index (χ0n) is 14.2. The lowest BCUT2D eigenvalue weighted by atomic mass is 10.2. The molecule has 0 radical (unpaired) electrons. The van der Waals surface area contributed by atoms with E-state index in [0.717, 1.165) is 18.4 Å². The molecule has 0 amide bonds. The minimum absolute atomic E-state index is 0.288. The Morgan fingerprint density at radius 3 is 2.69 bits per heavy atom. The number of thioether (sulfide) groups is 1. The first-order valence-corrected chi connectivity index (χ1v) is 9.31. The van der Waals surface area contributed by atoms with Crippen LogP contribution in [0.25, 0.3) is 11.4 Å². The number of nitrogens with zero attached hydrogens (tertiary/aromatic N) is 3. The third-order valence-electron chi connectivity index (χ3n) is 4.29. The van der Waals surface area contributed by atoms with Gasteiger partial charge in [0.15, 0.2) is 11.0 Å². The third-order valence-corrected chi connectivity index (χ3v) is 5.28. The second-order valence-electron chi connectivity index (χ2n) is 6.13. The van der Waals surface area contributed by atoms with Crippen LogP contribution in [0.15, 0.2) is 47.6 Å². The number of ether oxygens (including phenoxy) is 1. The molecule has 26 heavy (non-hydrogen) atoms. The molecule has 1 saturated carbocycles. The molecule has 0 atom stereocenters. The standard InChI is InChI=1S/C19H17F2N3OS/c1-25-17-9-6-13(20)10-12(17)11-26-19-23-22-18(24(19)14-7-8-14)15-4-2-3-5-16(15)21/h2-6,9-10,14H,7-8,11H2,1H3. The summed E-state index contributed by atoms with van der Waals surface area (Å²) >= 11 is 1.45. The summed E-state index contributed by atoms with van der Waals surface area (Å²) < 4.78 is 35.0. The van der Waals surface area contributed by atoms with E-state index in [1.165, 1.54) is 30.0 Å². The fraction of sp³-hybridized carbons (Fsp3) is 0.263. The van der Waals surface area contributed by atoms with E-state index in [1.807, 2.05) is 4.57 Å². The van der Waals surface area contributed by atoms with E-state index >= 15 is 0 Å². The van der Waals surface area contributed by atoms with Crippen molar-refractivity contribution in [1.82, 2.24) is 14.8 Å². The van der Waals surface area contributed by atoms with E-state index in [2.05, 4.69) is 10.2 Å². The molecule has 1 aliphatic rings. The summed E-state index contributed by atoms with van der Waals surface area (Å²) in [6, 6.07) is 11.3. The van der Waals surface area contributed by atoms with Crippen molar-refractivity contribution >= 4 is 11.8 Å². The van der Waals surface area contributed by atoms with Crippen LogP contribution in [0.1, 0.15) is 24.4 Å². The van der Waals surface area contributed by atoms with Gasteiger partial charge >= 0.3 is 0 Å². The molecular weight excluding hydrogens is 356 g/mol. The van der Waals surface area contributed by atoms with Crippen molar-refractivity contribution in [3.05, 3.63) is 59.7 Å². The van der Waals surface area contributed by atoms with Crippen molar-refractivity contribution in [2.24, 2.45) is 0 Å². The largest absolute Gasteiger partial charge is 0.496 e. The number of hydrogen-bond acceptors (Lipinski definition) is 4. The molecule has 1 heterocycles. The summed E-state index contributed by atoms with van der Waals surface area (Å²) in [5.74, 6) is 1.04. The Hall–Kier alpha value is -2.41. The average Bonchev–Trinajstić information content (AvgIpc) is 3.40. The second-order valence-corrected chi connectivity index (χ2v) is 7.07. The van der Waals surface area contributed by atoms with Gasteiger partial charge in [-0.1, -0.05) is 23.9 Å². The van der Waals surface area contributed by atoms with Crippen LogP contribution in [0.4, 0.5) is 8.78 Å². The number of benzene rings is 2. The molecule has 0 N–H and O–H groups in total. The van der Waals surface area contributed by atoms with Crippen molar-refractivity contribution in [3.63, 3.8) is 0 Å². The minimum Gasteiger partial charge on any atom is -0.496 e. The molecule has 0 bridgehead atoms. The maximum absolute atomic E-state index is 14.2. The molecule has 4 nitrogen and oxygen atoms in total. The lowest BCUT2D eigenvalue weighted by Gasteiger charge is -2.11. The molecule has 134 valence electrons. The fourth-order valence-electron chi connectivity index (χ4n) is 2.87. The maximum atomic E-state index is 14.2. The summed E-state index contributed by atoms with van der Waals surface area (Å²) in [5, 5.41) is 9.20. The molecular formula is C19H17F2N3OS. The van der Waals surface area contributed by atoms with Gasteiger partial charge in [-0.05, 0) is 43.2 Å². The van der Waals surface area contributed by atoms with E-state index in [4.69, 9.17) is 4.74 Å². The van der Waals surface area contributed by atoms with Crippen LogP contribution in [-0.2, 0) is 5.75 Å². The molecule has 0 saturated heterocycles. The normalized spacial score (nSPS) is 13.8. The smallest absolute Gasteiger partial charge is 0.192 e. The van der Waals surface area contributed by atoms with Crippen LogP contribution in [0.5, 0.6) is 5.75 Å². The summed E-state index contributed by atoms with van der Waals surface area (Å²) in [6.07, 6.45) is 2.05. The van der Waals surface area contributed by atoms with Crippen LogP contribution in [0.2, 0.25) is 0 Å². The van der Waals surface area contributed by atoms with Gasteiger partial charge in [-0.2, -0.15) is 0 Å². The van der Waals surface area contributed by atoms with Crippen LogP contribution in [0.3, 0.4) is 0 Å². The SMILES string of the molecule is COc1ccc(F)cc1CSc1nnc(-c2ccccc2F)n1C1CC1. The van der Waals surface area contributed by atoms with Gasteiger partial charge in [-0.15, -0.1) is 10.2 Å². The molecule has 0 unspecified atom stereocenters. The number of halogens is 2. The Bertz CT molecular complexity index is 940. The van der Waals surface area contributed by atoms with Gasteiger partial charge in [-0.3, -0.25) is 4.57 Å². The van der Waals surface area contributed by atoms with Gasteiger partial charge in [0, 0.05) is 17.4 Å². The first-order chi connectivity index (χ1) is 12.7. The first-order valence-electron chi connectivity index (χ1n) is 8.32. The van der Waals surface area contributed by atoms with Gasteiger partial charge in [0.2, 0.25) is 0 Å². The fourth-order valence-corrected chi connectivity index (χ4v) is 3.85. The molecule has 0 aliphatic heterocycles. The van der Waals surface area contributed by atoms with Crippen molar-refractivity contribution in [2.75, 3.05) is 7.11 Å². The maximum Gasteiger partial charge on any atom is 0.192 e. The Labute approximate surface area is 154 Å². The van der Waals surface area contributed by atoms with E-state index in [-0.39, 0.29) is 17.7 Å². The highest BCUT2D eigenvalue weighted by atomic mass is 32.2. The number of methoxy groups -OCH3 is 1. The van der Waals surface area contributed by atoms with E-state index < -0.39 is 0 Å². The van der Waals surface area contributed by atoms with Gasteiger partial charge in [-0.25, -0.2) is 8.78 Å². The lowest BCUT2D eigenvalue weighted by Crippen LogP contribution is -2.01. The molecule has 2 aromatic carbocycles. The Balaban J connectivity index is 1.64. The highest BCUT2D eigenvalue weighted by Gasteiger charge is 2.31. The zero-order chi connectivity index (χ0) is 18.1. The van der Waals surface area contributed by atoms with Gasteiger partial charge in [0.1, 0.15) is 17.4 Å². The second kappa shape index (κ2) is 7.07. The zero-order valence-corrected chi connectivity index (χ0v) is 15.0. The van der Waals surface area contributed by atoms with Gasteiger partial charge in [0.05, 0.1) is 12.7 Å². The summed E-state index contributed by atoms with van der Waals surface area (Å²) in [6.45, 7) is 0. The predicted molar refractivity (Wildman–Crippen MR) is 96.2 cm³/mol. The summed E-state index contributed by atoms with van der Waals surface area (Å²) in [4.78, 5) is 0. The van der Waals surface area contributed by atoms with Crippen LogP contribution < -0.4 is 4.74 Å². The minimum atomic E-state index is -0.315. The van der Waals surface area contributed by atoms with Crippen molar-refractivity contribution < 1.29 is 13.5 Å². The molecule has 1 fully saturated rings.